The third kappa shape index (κ3) is 2.89. The van der Waals surface area contributed by atoms with Crippen LogP contribution in [0.3, 0.4) is 0 Å². The summed E-state index contributed by atoms with van der Waals surface area (Å²) in [6.45, 7) is 3.63. The average Bonchev–Trinajstić information content (AvgIpc) is 3.20. The van der Waals surface area contributed by atoms with Crippen LogP contribution in [-0.4, -0.2) is 31.4 Å². The fourth-order valence-corrected chi connectivity index (χ4v) is 2.21. The Hall–Kier alpha value is -3.23. The van der Waals surface area contributed by atoms with E-state index in [4.69, 9.17) is 4.42 Å². The Morgan fingerprint density at radius 1 is 1.30 bits per heavy atom. The molecular formula is C14H14N6O3. The molecule has 3 aromatic heterocycles. The number of furan rings is 1. The van der Waals surface area contributed by atoms with Crippen molar-refractivity contribution in [2.75, 3.05) is 0 Å². The first-order chi connectivity index (χ1) is 11.1. The predicted molar refractivity (Wildman–Crippen MR) is 78.3 cm³/mol. The summed E-state index contributed by atoms with van der Waals surface area (Å²) in [5.41, 5.74) is 6.83. The second-order valence-electron chi connectivity index (χ2n) is 4.89. The molecule has 0 aliphatic rings. The minimum Gasteiger partial charge on any atom is -0.459 e. The van der Waals surface area contributed by atoms with Crippen molar-refractivity contribution in [2.24, 2.45) is 0 Å². The minimum atomic E-state index is -0.526. The molecule has 0 saturated carbocycles. The number of amides is 2. The summed E-state index contributed by atoms with van der Waals surface area (Å²) in [6, 6.07) is 3.08. The number of fused-ring (bicyclic) bond motifs is 1. The molecule has 0 aliphatic carbocycles. The van der Waals surface area contributed by atoms with Gasteiger partial charge in [0.25, 0.3) is 5.78 Å². The van der Waals surface area contributed by atoms with Gasteiger partial charge >= 0.3 is 5.91 Å². The second-order valence-corrected chi connectivity index (χ2v) is 4.89. The Morgan fingerprint density at radius 3 is 2.87 bits per heavy atom. The zero-order valence-electron chi connectivity index (χ0n) is 12.5. The highest BCUT2D eigenvalue weighted by Crippen LogP contribution is 2.13. The predicted octanol–water partition coefficient (Wildman–Crippen LogP) is 0.338. The Bertz CT molecular complexity index is 868. The number of hydrogen-bond acceptors (Lipinski definition) is 6. The number of rotatable bonds is 3. The maximum absolute atomic E-state index is 12.0. The molecule has 3 heterocycles. The molecule has 0 fully saturated rings. The van der Waals surface area contributed by atoms with E-state index in [1.54, 1.807) is 17.5 Å². The van der Waals surface area contributed by atoms with Crippen LogP contribution >= 0.6 is 0 Å². The maximum Gasteiger partial charge on any atom is 0.305 e. The smallest absolute Gasteiger partial charge is 0.305 e. The summed E-state index contributed by atoms with van der Waals surface area (Å²) in [5.74, 6) is -0.308. The molecule has 0 unspecified atom stereocenters. The van der Waals surface area contributed by atoms with Gasteiger partial charge in [-0.05, 0) is 26.0 Å². The normalized spacial score (nSPS) is 10.7. The molecule has 118 valence electrons. The molecule has 0 spiro atoms. The lowest BCUT2D eigenvalue weighted by Gasteiger charge is -2.11. The Kier molecular flexibility index (Phi) is 3.75. The molecular weight excluding hydrogens is 300 g/mol. The summed E-state index contributed by atoms with van der Waals surface area (Å²) >= 11 is 0. The van der Waals surface area contributed by atoms with E-state index in [1.807, 2.05) is 6.92 Å². The van der Waals surface area contributed by atoms with Crippen molar-refractivity contribution < 1.29 is 14.0 Å². The third-order valence-corrected chi connectivity index (χ3v) is 3.39. The van der Waals surface area contributed by atoms with Gasteiger partial charge in [-0.3, -0.25) is 20.4 Å². The first-order valence-electron chi connectivity index (χ1n) is 6.84. The van der Waals surface area contributed by atoms with Gasteiger partial charge in [-0.1, -0.05) is 0 Å². The number of hydrazine groups is 1. The molecule has 3 aromatic rings. The van der Waals surface area contributed by atoms with Crippen molar-refractivity contribution >= 4 is 17.6 Å². The zero-order chi connectivity index (χ0) is 16.4. The van der Waals surface area contributed by atoms with Crippen molar-refractivity contribution in [2.45, 2.75) is 20.3 Å². The molecule has 9 nitrogen and oxygen atoms in total. The number of aryl methyl sites for hydroxylation is 2. The van der Waals surface area contributed by atoms with Crippen molar-refractivity contribution in [3.8, 4) is 0 Å². The summed E-state index contributed by atoms with van der Waals surface area (Å²) in [6.07, 6.45) is 2.84. The van der Waals surface area contributed by atoms with E-state index < -0.39 is 5.91 Å². The molecule has 0 radical (unpaired) electrons. The fraction of sp³-hybridized carbons (Fsp3) is 0.214. The van der Waals surface area contributed by atoms with Crippen LogP contribution in [0.4, 0.5) is 0 Å². The van der Waals surface area contributed by atoms with Crippen LogP contribution in [0.15, 0.2) is 29.1 Å². The van der Waals surface area contributed by atoms with E-state index in [-0.39, 0.29) is 18.1 Å². The summed E-state index contributed by atoms with van der Waals surface area (Å²) in [5, 5.41) is 4.06. The number of carbonyl (C=O) groups excluding carboxylic acids is 2. The SMILES string of the molecule is Cc1nc2ncnn2c(C)c1CC(=O)NNC(=O)c1ccco1. The van der Waals surface area contributed by atoms with Crippen LogP contribution in [0.1, 0.15) is 27.5 Å². The van der Waals surface area contributed by atoms with Crippen LogP contribution in [0.25, 0.3) is 5.78 Å². The van der Waals surface area contributed by atoms with Gasteiger partial charge < -0.3 is 4.42 Å². The monoisotopic (exact) mass is 314 g/mol. The minimum absolute atomic E-state index is 0.0545. The molecule has 2 N–H and O–H groups in total. The van der Waals surface area contributed by atoms with Crippen LogP contribution in [0, 0.1) is 13.8 Å². The Labute approximate surface area is 130 Å². The van der Waals surface area contributed by atoms with E-state index in [0.717, 1.165) is 11.3 Å². The second kappa shape index (κ2) is 5.87. The van der Waals surface area contributed by atoms with Gasteiger partial charge in [0.05, 0.1) is 12.7 Å². The van der Waals surface area contributed by atoms with Gasteiger partial charge in [0.15, 0.2) is 5.76 Å². The molecule has 0 aromatic carbocycles. The number of nitrogens with zero attached hydrogens (tertiary/aromatic N) is 4. The largest absolute Gasteiger partial charge is 0.459 e. The Morgan fingerprint density at radius 2 is 2.13 bits per heavy atom. The molecule has 0 bridgehead atoms. The van der Waals surface area contributed by atoms with E-state index in [1.165, 1.54) is 18.7 Å². The number of carbonyl (C=O) groups is 2. The molecule has 2 amide bonds. The summed E-state index contributed by atoms with van der Waals surface area (Å²) in [7, 11) is 0. The van der Waals surface area contributed by atoms with Crippen LogP contribution in [0.5, 0.6) is 0 Å². The van der Waals surface area contributed by atoms with Crippen LogP contribution < -0.4 is 10.9 Å². The van der Waals surface area contributed by atoms with Crippen LogP contribution in [-0.2, 0) is 11.2 Å². The molecule has 0 aliphatic heterocycles. The van der Waals surface area contributed by atoms with E-state index in [2.05, 4.69) is 25.9 Å². The van der Waals surface area contributed by atoms with Gasteiger partial charge in [-0.15, -0.1) is 0 Å². The average molecular weight is 314 g/mol. The van der Waals surface area contributed by atoms with Gasteiger partial charge in [0.2, 0.25) is 5.91 Å². The Balaban J connectivity index is 1.69. The van der Waals surface area contributed by atoms with Crippen molar-refractivity contribution in [3.63, 3.8) is 0 Å². The lowest BCUT2D eigenvalue weighted by atomic mass is 10.1. The van der Waals surface area contributed by atoms with Gasteiger partial charge in [-0.2, -0.15) is 10.1 Å². The highest BCUT2D eigenvalue weighted by atomic mass is 16.3. The first-order valence-corrected chi connectivity index (χ1v) is 6.84. The fourth-order valence-electron chi connectivity index (χ4n) is 2.21. The van der Waals surface area contributed by atoms with E-state index in [0.29, 0.717) is 11.5 Å². The molecule has 0 atom stereocenters. The summed E-state index contributed by atoms with van der Waals surface area (Å²) in [4.78, 5) is 32.0. The number of aromatic nitrogens is 4. The van der Waals surface area contributed by atoms with Crippen LogP contribution in [0.2, 0.25) is 0 Å². The maximum atomic E-state index is 12.0. The third-order valence-electron chi connectivity index (χ3n) is 3.39. The molecule has 0 saturated heterocycles. The molecule has 3 rings (SSSR count). The zero-order valence-corrected chi connectivity index (χ0v) is 12.5. The van der Waals surface area contributed by atoms with Crippen molar-refractivity contribution in [1.82, 2.24) is 30.4 Å². The molecule has 9 heteroatoms. The van der Waals surface area contributed by atoms with Gasteiger partial charge in [0.1, 0.15) is 6.33 Å². The van der Waals surface area contributed by atoms with Crippen molar-refractivity contribution in [3.05, 3.63) is 47.4 Å². The van der Waals surface area contributed by atoms with Gasteiger partial charge in [0, 0.05) is 17.0 Å². The molecule has 23 heavy (non-hydrogen) atoms. The van der Waals surface area contributed by atoms with Gasteiger partial charge in [-0.25, -0.2) is 9.50 Å². The lowest BCUT2D eigenvalue weighted by molar-refractivity contribution is -0.121. The van der Waals surface area contributed by atoms with E-state index in [9.17, 15) is 9.59 Å². The van der Waals surface area contributed by atoms with E-state index >= 15 is 0 Å². The van der Waals surface area contributed by atoms with Crippen molar-refractivity contribution in [1.29, 1.82) is 0 Å². The standard InChI is InChI=1S/C14H14N6O3/c1-8-10(9(2)20-14(17-8)15-7-16-20)6-12(21)18-19-13(22)11-4-3-5-23-11/h3-5,7H,6H2,1-2H3,(H,18,21)(H,19,22). The highest BCUT2D eigenvalue weighted by molar-refractivity contribution is 5.93. The lowest BCUT2D eigenvalue weighted by Crippen LogP contribution is -2.42. The summed E-state index contributed by atoms with van der Waals surface area (Å²) < 4.78 is 6.50. The topological polar surface area (TPSA) is 114 Å². The first kappa shape index (κ1) is 14.7. The quantitative estimate of drug-likeness (QED) is 0.674. The number of hydrogen-bond donors (Lipinski definition) is 2. The number of nitrogens with one attached hydrogen (secondary N) is 2. The highest BCUT2D eigenvalue weighted by Gasteiger charge is 2.15.